The van der Waals surface area contributed by atoms with E-state index in [2.05, 4.69) is 43.8 Å². The minimum absolute atomic E-state index is 0.139. The Balaban J connectivity index is 1.94. The van der Waals surface area contributed by atoms with E-state index in [1.54, 1.807) is 4.90 Å². The summed E-state index contributed by atoms with van der Waals surface area (Å²) in [7, 11) is 0. The molecular formula is C13H10BrIN2O3. The molecule has 1 saturated heterocycles. The normalized spacial score (nSPS) is 22.0. The molecular weight excluding hydrogens is 439 g/mol. The summed E-state index contributed by atoms with van der Waals surface area (Å²) < 4.78 is 1.75. The van der Waals surface area contributed by atoms with Crippen molar-refractivity contribution in [2.24, 2.45) is 0 Å². The Morgan fingerprint density at radius 1 is 1.30 bits per heavy atom. The summed E-state index contributed by atoms with van der Waals surface area (Å²) in [5, 5.41) is 2.30. The van der Waals surface area contributed by atoms with Crippen LogP contribution in [0.3, 0.4) is 0 Å². The molecule has 20 heavy (non-hydrogen) atoms. The SMILES string of the molecule is O=C1CCC(N2Cc3c(Br)ccc(I)c3C2=O)C(=O)N1. The smallest absolute Gasteiger partial charge is 0.256 e. The van der Waals surface area contributed by atoms with Crippen LogP contribution in [0.15, 0.2) is 16.6 Å². The third-order valence-corrected chi connectivity index (χ3v) is 5.24. The monoisotopic (exact) mass is 448 g/mol. The molecule has 1 aromatic rings. The van der Waals surface area contributed by atoms with Gasteiger partial charge in [0, 0.05) is 21.0 Å². The van der Waals surface area contributed by atoms with Gasteiger partial charge >= 0.3 is 0 Å². The Bertz CT molecular complexity index is 647. The lowest BCUT2D eigenvalue weighted by Crippen LogP contribution is -2.52. The van der Waals surface area contributed by atoms with E-state index in [1.165, 1.54) is 0 Å². The zero-order valence-electron chi connectivity index (χ0n) is 10.3. The molecule has 0 aliphatic carbocycles. The van der Waals surface area contributed by atoms with Crippen LogP contribution in [0.4, 0.5) is 0 Å². The Kier molecular flexibility index (Phi) is 3.57. The molecule has 1 unspecified atom stereocenters. The number of hydrogen-bond acceptors (Lipinski definition) is 3. The predicted octanol–water partition coefficient (Wildman–Crippen LogP) is 1.81. The van der Waals surface area contributed by atoms with Crippen molar-refractivity contribution in [2.45, 2.75) is 25.4 Å². The van der Waals surface area contributed by atoms with Crippen LogP contribution in [0.25, 0.3) is 0 Å². The zero-order chi connectivity index (χ0) is 14.4. The molecule has 1 fully saturated rings. The summed E-state index contributed by atoms with van der Waals surface area (Å²) in [6.07, 6.45) is 0.660. The highest BCUT2D eigenvalue weighted by Gasteiger charge is 2.40. The molecule has 3 amide bonds. The van der Waals surface area contributed by atoms with Crippen molar-refractivity contribution < 1.29 is 14.4 Å². The Hall–Kier alpha value is -0.960. The number of amides is 3. The number of carbonyl (C=O) groups excluding carboxylic acids is 3. The van der Waals surface area contributed by atoms with Crippen LogP contribution in [-0.2, 0) is 16.1 Å². The molecule has 1 N–H and O–H groups in total. The molecule has 2 aliphatic heterocycles. The minimum Gasteiger partial charge on any atom is -0.322 e. The van der Waals surface area contributed by atoms with Crippen molar-refractivity contribution in [2.75, 3.05) is 0 Å². The first-order chi connectivity index (χ1) is 9.49. The van der Waals surface area contributed by atoms with Crippen LogP contribution in [0.2, 0.25) is 0 Å². The minimum atomic E-state index is -0.560. The van der Waals surface area contributed by atoms with Gasteiger partial charge in [-0.1, -0.05) is 15.9 Å². The molecule has 5 nitrogen and oxygen atoms in total. The number of carbonyl (C=O) groups is 3. The van der Waals surface area contributed by atoms with E-state index in [1.807, 2.05) is 12.1 Å². The van der Waals surface area contributed by atoms with Crippen LogP contribution in [0.5, 0.6) is 0 Å². The maximum atomic E-state index is 12.5. The lowest BCUT2D eigenvalue weighted by molar-refractivity contribution is -0.136. The van der Waals surface area contributed by atoms with Gasteiger partial charge in [-0.2, -0.15) is 0 Å². The first-order valence-corrected chi connectivity index (χ1v) is 7.97. The number of fused-ring (bicyclic) bond motifs is 1. The molecule has 0 radical (unpaired) electrons. The molecule has 1 atom stereocenters. The van der Waals surface area contributed by atoms with Crippen LogP contribution in [-0.4, -0.2) is 28.7 Å². The first-order valence-electron chi connectivity index (χ1n) is 6.10. The van der Waals surface area contributed by atoms with E-state index in [0.29, 0.717) is 18.5 Å². The molecule has 2 aliphatic rings. The second-order valence-corrected chi connectivity index (χ2v) is 6.80. The molecule has 0 saturated carbocycles. The summed E-state index contributed by atoms with van der Waals surface area (Å²) in [4.78, 5) is 37.2. The first kappa shape index (κ1) is 14.0. The number of rotatable bonds is 1. The van der Waals surface area contributed by atoms with Crippen molar-refractivity contribution in [1.29, 1.82) is 0 Å². The molecule has 1 aromatic carbocycles. The maximum Gasteiger partial charge on any atom is 0.256 e. The van der Waals surface area contributed by atoms with E-state index in [0.717, 1.165) is 13.6 Å². The molecule has 3 rings (SSSR count). The molecule has 0 bridgehead atoms. The van der Waals surface area contributed by atoms with E-state index in [-0.39, 0.29) is 24.1 Å². The highest BCUT2D eigenvalue weighted by molar-refractivity contribution is 14.1. The fraction of sp³-hybridized carbons (Fsp3) is 0.308. The van der Waals surface area contributed by atoms with Gasteiger partial charge in [0.15, 0.2) is 0 Å². The van der Waals surface area contributed by atoms with Gasteiger partial charge in [-0.15, -0.1) is 0 Å². The van der Waals surface area contributed by atoms with Crippen molar-refractivity contribution in [3.8, 4) is 0 Å². The average Bonchev–Trinajstić information content (AvgIpc) is 2.73. The van der Waals surface area contributed by atoms with Crippen molar-refractivity contribution >= 4 is 56.2 Å². The van der Waals surface area contributed by atoms with E-state index in [4.69, 9.17) is 0 Å². The zero-order valence-corrected chi connectivity index (χ0v) is 14.0. The standard InChI is InChI=1S/C13H10BrIN2O3/c14-7-1-2-8(15)11-6(7)5-17(13(11)20)9-3-4-10(18)16-12(9)19/h1-2,9H,3-5H2,(H,16,18,19). The molecule has 0 spiro atoms. The van der Waals surface area contributed by atoms with Crippen LogP contribution in [0.1, 0.15) is 28.8 Å². The van der Waals surface area contributed by atoms with E-state index >= 15 is 0 Å². The quantitative estimate of drug-likeness (QED) is 0.526. The number of halogens is 2. The van der Waals surface area contributed by atoms with Crippen LogP contribution < -0.4 is 5.32 Å². The number of nitrogens with one attached hydrogen (secondary N) is 1. The maximum absolute atomic E-state index is 12.5. The summed E-state index contributed by atoms with van der Waals surface area (Å²) in [5.41, 5.74) is 1.57. The number of hydrogen-bond donors (Lipinski definition) is 1. The Morgan fingerprint density at radius 3 is 2.70 bits per heavy atom. The second-order valence-electron chi connectivity index (χ2n) is 4.78. The topological polar surface area (TPSA) is 66.5 Å². The number of piperidine rings is 1. The number of imide groups is 1. The van der Waals surface area contributed by atoms with E-state index < -0.39 is 6.04 Å². The van der Waals surface area contributed by atoms with Crippen LogP contribution >= 0.6 is 38.5 Å². The molecule has 7 heteroatoms. The lowest BCUT2D eigenvalue weighted by atomic mass is 10.0. The van der Waals surface area contributed by atoms with Gasteiger partial charge in [-0.05, 0) is 46.7 Å². The lowest BCUT2D eigenvalue weighted by Gasteiger charge is -2.29. The molecule has 2 heterocycles. The average molecular weight is 449 g/mol. The van der Waals surface area contributed by atoms with Gasteiger partial charge in [0.2, 0.25) is 11.8 Å². The van der Waals surface area contributed by atoms with Gasteiger partial charge in [0.25, 0.3) is 5.91 Å². The van der Waals surface area contributed by atoms with Crippen molar-refractivity contribution in [1.82, 2.24) is 10.2 Å². The fourth-order valence-electron chi connectivity index (χ4n) is 2.60. The van der Waals surface area contributed by atoms with Crippen molar-refractivity contribution in [3.05, 3.63) is 31.3 Å². The Morgan fingerprint density at radius 2 is 2.05 bits per heavy atom. The summed E-state index contributed by atoms with van der Waals surface area (Å²) in [6, 6.07) is 3.22. The second kappa shape index (κ2) is 5.10. The third-order valence-electron chi connectivity index (χ3n) is 3.59. The van der Waals surface area contributed by atoms with Crippen molar-refractivity contribution in [3.63, 3.8) is 0 Å². The van der Waals surface area contributed by atoms with Gasteiger partial charge in [0.1, 0.15) is 6.04 Å². The van der Waals surface area contributed by atoms with Crippen LogP contribution in [0, 0.1) is 3.57 Å². The molecule has 0 aromatic heterocycles. The summed E-state index contributed by atoms with van der Waals surface area (Å²) >= 11 is 5.57. The Labute approximate surface area is 137 Å². The highest BCUT2D eigenvalue weighted by Crippen LogP contribution is 2.34. The number of benzene rings is 1. The highest BCUT2D eigenvalue weighted by atomic mass is 127. The number of nitrogens with zero attached hydrogens (tertiary/aromatic N) is 1. The van der Waals surface area contributed by atoms with Gasteiger partial charge < -0.3 is 4.90 Å². The summed E-state index contributed by atoms with van der Waals surface area (Å²) in [5.74, 6) is -0.792. The predicted molar refractivity (Wildman–Crippen MR) is 82.9 cm³/mol. The van der Waals surface area contributed by atoms with Gasteiger partial charge in [0.05, 0.1) is 5.56 Å². The van der Waals surface area contributed by atoms with Gasteiger partial charge in [-0.3, -0.25) is 19.7 Å². The summed E-state index contributed by atoms with van der Waals surface area (Å²) in [6.45, 7) is 0.401. The largest absolute Gasteiger partial charge is 0.322 e. The van der Waals surface area contributed by atoms with Gasteiger partial charge in [-0.25, -0.2) is 0 Å². The third kappa shape index (κ3) is 2.16. The van der Waals surface area contributed by atoms with E-state index in [9.17, 15) is 14.4 Å². The molecule has 104 valence electrons. The fourth-order valence-corrected chi connectivity index (χ4v) is 3.79.